The molecule has 5 N–H and O–H groups in total. The number of carbonyl (C=O) groups excluding carboxylic acids is 1. The standard InChI is InChI=1S/C30H23N5O2.C2HF3O2/c31-17-19-11-13-20(14-12-19)30(36)35-22-6-3-5-21(15-22)34-28-16-26(32-18-33-28)25-9-4-8-24-23-7-1-2-10-27(23)37-29(24)25;3-2(4,5)1(6)7/h1-16,18H,17,31H2,(H,35,36)(H,32,33,34);(H,6,7). The zero-order valence-electron chi connectivity index (χ0n) is 22.8. The first kappa shape index (κ1) is 29.7. The van der Waals surface area contributed by atoms with Gasteiger partial charge in [0.05, 0.1) is 5.69 Å². The summed E-state index contributed by atoms with van der Waals surface area (Å²) in [7, 11) is 0. The van der Waals surface area contributed by atoms with Crippen LogP contribution in [0.2, 0.25) is 0 Å². The number of carboxylic acid groups (broad SMARTS) is 1. The maximum Gasteiger partial charge on any atom is 0.490 e. The Morgan fingerprint density at radius 2 is 1.52 bits per heavy atom. The van der Waals surface area contributed by atoms with Crippen LogP contribution in [0, 0.1) is 0 Å². The molecule has 0 bridgehead atoms. The third-order valence-electron chi connectivity index (χ3n) is 6.43. The first-order chi connectivity index (χ1) is 21.1. The summed E-state index contributed by atoms with van der Waals surface area (Å²) >= 11 is 0. The molecule has 4 aromatic carbocycles. The Kier molecular flexibility index (Phi) is 8.54. The number of amides is 1. The van der Waals surface area contributed by atoms with Crippen LogP contribution in [0.25, 0.3) is 33.2 Å². The fourth-order valence-electron chi connectivity index (χ4n) is 4.34. The Morgan fingerprint density at radius 1 is 0.841 bits per heavy atom. The molecule has 222 valence electrons. The topological polar surface area (TPSA) is 143 Å². The minimum absolute atomic E-state index is 0.191. The summed E-state index contributed by atoms with van der Waals surface area (Å²) in [5.74, 6) is -2.32. The smallest absolute Gasteiger partial charge is 0.475 e. The van der Waals surface area contributed by atoms with Crippen molar-refractivity contribution in [1.82, 2.24) is 9.97 Å². The van der Waals surface area contributed by atoms with Gasteiger partial charge in [0.25, 0.3) is 5.91 Å². The highest BCUT2D eigenvalue weighted by atomic mass is 19.4. The van der Waals surface area contributed by atoms with Gasteiger partial charge < -0.3 is 25.9 Å². The van der Waals surface area contributed by atoms with Gasteiger partial charge in [-0.15, -0.1) is 0 Å². The van der Waals surface area contributed by atoms with Crippen molar-refractivity contribution in [1.29, 1.82) is 0 Å². The highest BCUT2D eigenvalue weighted by molar-refractivity contribution is 6.09. The van der Waals surface area contributed by atoms with Crippen LogP contribution in [0.5, 0.6) is 0 Å². The number of para-hydroxylation sites is 2. The summed E-state index contributed by atoms with van der Waals surface area (Å²) < 4.78 is 37.9. The molecule has 0 aliphatic heterocycles. The molecule has 0 atom stereocenters. The summed E-state index contributed by atoms with van der Waals surface area (Å²) in [6.07, 6.45) is -3.56. The van der Waals surface area contributed by atoms with Crippen LogP contribution in [0.1, 0.15) is 15.9 Å². The van der Waals surface area contributed by atoms with Gasteiger partial charge in [0.1, 0.15) is 23.3 Å². The number of aromatic nitrogens is 2. The second-order valence-corrected chi connectivity index (χ2v) is 9.43. The number of carbonyl (C=O) groups is 2. The molecule has 0 aliphatic rings. The van der Waals surface area contributed by atoms with Crippen molar-refractivity contribution in [2.24, 2.45) is 5.73 Å². The number of hydrogen-bond acceptors (Lipinski definition) is 7. The van der Waals surface area contributed by atoms with E-state index in [1.807, 2.05) is 72.8 Å². The van der Waals surface area contributed by atoms with Gasteiger partial charge in [-0.05, 0) is 48.0 Å². The first-order valence-electron chi connectivity index (χ1n) is 13.1. The zero-order valence-corrected chi connectivity index (χ0v) is 22.8. The Hall–Kier alpha value is -5.75. The maximum absolute atomic E-state index is 12.7. The van der Waals surface area contributed by atoms with E-state index in [1.54, 1.807) is 12.1 Å². The second-order valence-electron chi connectivity index (χ2n) is 9.43. The quantitative estimate of drug-likeness (QED) is 0.158. The third kappa shape index (κ3) is 6.82. The molecule has 0 aliphatic carbocycles. The number of anilines is 3. The van der Waals surface area contributed by atoms with Crippen molar-refractivity contribution >= 4 is 51.0 Å². The lowest BCUT2D eigenvalue weighted by atomic mass is 10.1. The fourth-order valence-corrected chi connectivity index (χ4v) is 4.34. The third-order valence-corrected chi connectivity index (χ3v) is 6.43. The molecule has 44 heavy (non-hydrogen) atoms. The lowest BCUT2D eigenvalue weighted by Crippen LogP contribution is -2.21. The number of nitrogens with zero attached hydrogens (tertiary/aromatic N) is 2. The van der Waals surface area contributed by atoms with Crippen LogP contribution >= 0.6 is 0 Å². The van der Waals surface area contributed by atoms with Crippen LogP contribution < -0.4 is 16.4 Å². The SMILES string of the molecule is NCc1ccc(C(=O)Nc2cccc(Nc3cc(-c4cccc5c4oc4ccccc45)ncn3)c2)cc1.O=C(O)C(F)(F)F. The Morgan fingerprint density at radius 3 is 2.25 bits per heavy atom. The number of fused-ring (bicyclic) bond motifs is 3. The lowest BCUT2D eigenvalue weighted by molar-refractivity contribution is -0.192. The van der Waals surface area contributed by atoms with E-state index in [4.69, 9.17) is 20.1 Å². The summed E-state index contributed by atoms with van der Waals surface area (Å²) in [6.45, 7) is 0.438. The van der Waals surface area contributed by atoms with Crippen LogP contribution in [-0.2, 0) is 11.3 Å². The monoisotopic (exact) mass is 599 g/mol. The van der Waals surface area contributed by atoms with Crippen LogP contribution in [-0.4, -0.2) is 33.1 Å². The van der Waals surface area contributed by atoms with E-state index in [0.717, 1.165) is 44.4 Å². The number of aliphatic carboxylic acids is 1. The van der Waals surface area contributed by atoms with Crippen molar-refractivity contribution < 1.29 is 32.3 Å². The molecule has 0 unspecified atom stereocenters. The molecule has 2 heterocycles. The second kappa shape index (κ2) is 12.6. The summed E-state index contributed by atoms with van der Waals surface area (Å²) in [6, 6.07) is 30.6. The number of nitrogens with two attached hydrogens (primary N) is 1. The van der Waals surface area contributed by atoms with Gasteiger partial charge in [0, 0.05) is 45.9 Å². The van der Waals surface area contributed by atoms with Gasteiger partial charge in [-0.3, -0.25) is 4.79 Å². The molecule has 0 spiro atoms. The van der Waals surface area contributed by atoms with Crippen LogP contribution in [0.4, 0.5) is 30.4 Å². The summed E-state index contributed by atoms with van der Waals surface area (Å²) in [4.78, 5) is 30.4. The average molecular weight is 600 g/mol. The van der Waals surface area contributed by atoms with E-state index in [9.17, 15) is 18.0 Å². The minimum Gasteiger partial charge on any atom is -0.475 e. The summed E-state index contributed by atoms with van der Waals surface area (Å²) in [5, 5.41) is 15.5. The highest BCUT2D eigenvalue weighted by Gasteiger charge is 2.38. The number of halogens is 3. The highest BCUT2D eigenvalue weighted by Crippen LogP contribution is 2.35. The average Bonchev–Trinajstić information content (AvgIpc) is 3.40. The van der Waals surface area contributed by atoms with E-state index in [-0.39, 0.29) is 5.91 Å². The number of alkyl halides is 3. The van der Waals surface area contributed by atoms with E-state index < -0.39 is 12.1 Å². The normalized spacial score (nSPS) is 11.1. The Bertz CT molecular complexity index is 1960. The minimum atomic E-state index is -5.08. The van der Waals surface area contributed by atoms with Gasteiger partial charge >= 0.3 is 12.1 Å². The number of furan rings is 1. The molecule has 0 saturated carbocycles. The number of benzene rings is 4. The number of hydrogen-bond donors (Lipinski definition) is 4. The predicted octanol–water partition coefficient (Wildman–Crippen LogP) is 7.13. The largest absolute Gasteiger partial charge is 0.490 e. The number of carboxylic acids is 1. The molecule has 1 amide bonds. The predicted molar refractivity (Wildman–Crippen MR) is 160 cm³/mol. The van der Waals surface area contributed by atoms with E-state index in [2.05, 4.69) is 32.7 Å². The molecule has 6 rings (SSSR count). The number of nitrogens with one attached hydrogen (secondary N) is 2. The van der Waals surface area contributed by atoms with Crippen molar-refractivity contribution in [2.75, 3.05) is 10.6 Å². The van der Waals surface area contributed by atoms with Gasteiger partial charge in [-0.25, -0.2) is 14.8 Å². The van der Waals surface area contributed by atoms with Crippen molar-refractivity contribution in [3.05, 3.63) is 115 Å². The van der Waals surface area contributed by atoms with Gasteiger partial charge in [0.15, 0.2) is 0 Å². The molecule has 0 fully saturated rings. The van der Waals surface area contributed by atoms with Gasteiger partial charge in [-0.2, -0.15) is 13.2 Å². The first-order valence-corrected chi connectivity index (χ1v) is 13.1. The molecule has 6 aromatic rings. The fraction of sp³-hybridized carbons (Fsp3) is 0.0625. The van der Waals surface area contributed by atoms with Gasteiger partial charge in [-0.1, -0.05) is 48.5 Å². The van der Waals surface area contributed by atoms with Crippen LogP contribution in [0.3, 0.4) is 0 Å². The van der Waals surface area contributed by atoms with Gasteiger partial charge in [0.2, 0.25) is 0 Å². The van der Waals surface area contributed by atoms with E-state index >= 15 is 0 Å². The van der Waals surface area contributed by atoms with Crippen molar-refractivity contribution in [3.63, 3.8) is 0 Å². The Balaban J connectivity index is 0.000000493. The maximum atomic E-state index is 12.7. The van der Waals surface area contributed by atoms with Crippen molar-refractivity contribution in [2.45, 2.75) is 12.7 Å². The molecular formula is C32H24F3N5O4. The molecular weight excluding hydrogens is 575 g/mol. The lowest BCUT2D eigenvalue weighted by Gasteiger charge is -2.10. The molecule has 12 heteroatoms. The van der Waals surface area contributed by atoms with Crippen LogP contribution in [0.15, 0.2) is 108 Å². The molecule has 0 radical (unpaired) electrons. The summed E-state index contributed by atoms with van der Waals surface area (Å²) in [5.41, 5.74) is 11.9. The Labute approximate surface area is 248 Å². The zero-order chi connectivity index (χ0) is 31.3. The molecule has 9 nitrogen and oxygen atoms in total. The van der Waals surface area contributed by atoms with E-state index in [1.165, 1.54) is 6.33 Å². The molecule has 0 saturated heterocycles. The van der Waals surface area contributed by atoms with Crippen molar-refractivity contribution in [3.8, 4) is 11.3 Å². The van der Waals surface area contributed by atoms with E-state index in [0.29, 0.717) is 23.6 Å². The molecule has 2 aromatic heterocycles. The number of rotatable bonds is 6.